The third-order valence-corrected chi connectivity index (χ3v) is 8.31. The Kier molecular flexibility index (Phi) is 8.76. The van der Waals surface area contributed by atoms with Crippen molar-refractivity contribution in [1.29, 1.82) is 0 Å². The maximum atomic E-state index is 6.33. The molecule has 182 valence electrons. The maximum absolute atomic E-state index is 6.33. The summed E-state index contributed by atoms with van der Waals surface area (Å²) in [6.07, 6.45) is 5.58. The summed E-state index contributed by atoms with van der Waals surface area (Å²) in [7, 11) is 4.19. The molecule has 34 heavy (non-hydrogen) atoms. The van der Waals surface area contributed by atoms with E-state index in [1.54, 1.807) is 0 Å². The van der Waals surface area contributed by atoms with Gasteiger partial charge >= 0.3 is 170 Å². The van der Waals surface area contributed by atoms with Crippen LogP contribution >= 0.6 is 11.6 Å². The number of hydrogen-bond donors (Lipinski definition) is 0. The molecule has 1 fully saturated rings. The molecule has 0 aliphatic carbocycles. The summed E-state index contributed by atoms with van der Waals surface area (Å²) in [4.78, 5) is 9.75. The molecule has 0 aromatic heterocycles. The number of ether oxygens (including phenoxy) is 1. The third kappa shape index (κ3) is 5.88. The van der Waals surface area contributed by atoms with Gasteiger partial charge in [0.25, 0.3) is 0 Å². The minimum absolute atomic E-state index is 0.110. The number of rotatable bonds is 9. The second-order valence-electron chi connectivity index (χ2n) is 9.74. The van der Waals surface area contributed by atoms with Crippen LogP contribution in [-0.2, 0) is 6.54 Å². The van der Waals surface area contributed by atoms with Crippen molar-refractivity contribution in [2.75, 3.05) is 46.9 Å². The first-order valence-corrected chi connectivity index (χ1v) is 13.9. The van der Waals surface area contributed by atoms with Crippen LogP contribution in [0.15, 0.2) is 47.5 Å². The molecule has 2 aromatic rings. The van der Waals surface area contributed by atoms with E-state index in [2.05, 4.69) is 90.4 Å². The number of fused-ring (bicyclic) bond motifs is 1. The topological polar surface area (TPSA) is 28.1 Å². The molecule has 1 saturated heterocycles. The number of halogens is 1. The van der Waals surface area contributed by atoms with Gasteiger partial charge in [0.1, 0.15) is 5.75 Å². The van der Waals surface area contributed by atoms with Crippen molar-refractivity contribution in [1.82, 2.24) is 14.3 Å². The molecule has 2 heterocycles. The number of benzene rings is 2. The van der Waals surface area contributed by atoms with Crippen LogP contribution in [0.5, 0.6) is 5.75 Å². The van der Waals surface area contributed by atoms with E-state index in [9.17, 15) is 0 Å². The summed E-state index contributed by atoms with van der Waals surface area (Å²) in [5.74, 6) is 0.964. The summed E-state index contributed by atoms with van der Waals surface area (Å²) < 4.78 is 6.73. The van der Waals surface area contributed by atoms with Crippen molar-refractivity contribution < 1.29 is 4.74 Å². The Labute approximate surface area is 218 Å². The average molecular weight is 544 g/mol. The van der Waals surface area contributed by atoms with Gasteiger partial charge in [-0.15, -0.1) is 0 Å². The Morgan fingerprint density at radius 1 is 1.15 bits per heavy atom. The molecule has 4 rings (SSSR count). The number of quaternary nitrogens is 1. The molecular formula is C27H37AsClN4O+. The second kappa shape index (κ2) is 11.6. The van der Waals surface area contributed by atoms with Crippen LogP contribution in [0.2, 0.25) is 5.02 Å². The SMILES string of the molecule is CC[N+]1(C2CCN(Cc3ccc(OCCCN(C)C)cc3)CC2)C=NC([As])c2cc(Cl)ccc21. The Morgan fingerprint density at radius 3 is 2.56 bits per heavy atom. The van der Waals surface area contributed by atoms with Gasteiger partial charge in [0.15, 0.2) is 0 Å². The van der Waals surface area contributed by atoms with Crippen LogP contribution in [0, 0.1) is 0 Å². The van der Waals surface area contributed by atoms with Crippen LogP contribution in [0.3, 0.4) is 0 Å². The average Bonchev–Trinajstić information content (AvgIpc) is 2.84. The number of nitrogens with zero attached hydrogens (tertiary/aromatic N) is 4. The van der Waals surface area contributed by atoms with E-state index in [-0.39, 0.29) is 4.83 Å². The van der Waals surface area contributed by atoms with Gasteiger partial charge in [0.05, 0.1) is 6.61 Å². The molecule has 0 N–H and O–H groups in total. The van der Waals surface area contributed by atoms with Crippen LogP contribution in [0.4, 0.5) is 5.69 Å². The van der Waals surface area contributed by atoms with Crippen molar-refractivity contribution in [2.24, 2.45) is 4.99 Å². The van der Waals surface area contributed by atoms with Gasteiger partial charge in [-0.2, -0.15) is 0 Å². The molecule has 0 bridgehead atoms. The number of likely N-dealkylation sites (tertiary alicyclic amines) is 1. The summed E-state index contributed by atoms with van der Waals surface area (Å²) in [6, 6.07) is 15.6. The van der Waals surface area contributed by atoms with Gasteiger partial charge in [0, 0.05) is 6.54 Å². The quantitative estimate of drug-likeness (QED) is 0.257. The number of aliphatic imine (C=N–C) groups is 1. The second-order valence-corrected chi connectivity index (χ2v) is 11.2. The van der Waals surface area contributed by atoms with E-state index >= 15 is 0 Å². The van der Waals surface area contributed by atoms with Crippen molar-refractivity contribution in [3.05, 3.63) is 58.6 Å². The van der Waals surface area contributed by atoms with E-state index < -0.39 is 0 Å². The zero-order valence-electron chi connectivity index (χ0n) is 20.7. The van der Waals surface area contributed by atoms with Gasteiger partial charge < -0.3 is 9.64 Å². The predicted octanol–water partition coefficient (Wildman–Crippen LogP) is 4.87. The molecule has 0 saturated carbocycles. The van der Waals surface area contributed by atoms with Crippen LogP contribution < -0.4 is 9.22 Å². The van der Waals surface area contributed by atoms with Gasteiger partial charge in [-0.25, -0.2) is 0 Å². The molecule has 2 atom stereocenters. The fraction of sp³-hybridized carbons (Fsp3) is 0.519. The van der Waals surface area contributed by atoms with E-state index in [1.165, 1.54) is 16.8 Å². The van der Waals surface area contributed by atoms with Crippen LogP contribution in [-0.4, -0.2) is 85.9 Å². The van der Waals surface area contributed by atoms with Crippen molar-refractivity contribution in [3.63, 3.8) is 0 Å². The zero-order chi connectivity index (χ0) is 24.1. The molecule has 7 heteroatoms. The third-order valence-electron chi connectivity index (χ3n) is 7.21. The first-order valence-electron chi connectivity index (χ1n) is 12.4. The van der Waals surface area contributed by atoms with Crippen LogP contribution in [0.25, 0.3) is 0 Å². The summed E-state index contributed by atoms with van der Waals surface area (Å²) >= 11 is 9.01. The molecule has 0 spiro atoms. The molecule has 2 radical (unpaired) electrons. The fourth-order valence-corrected chi connectivity index (χ4v) is 6.03. The van der Waals surface area contributed by atoms with Gasteiger partial charge in [-0.3, -0.25) is 0 Å². The fourth-order valence-electron chi connectivity index (χ4n) is 5.30. The Bertz CT molecular complexity index is 975. The first kappa shape index (κ1) is 25.7. The molecule has 2 aliphatic rings. The van der Waals surface area contributed by atoms with Gasteiger partial charge in [-0.1, -0.05) is 0 Å². The monoisotopic (exact) mass is 543 g/mol. The Hall–Kier alpha value is -1.36. The van der Waals surface area contributed by atoms with Crippen molar-refractivity contribution in [3.8, 4) is 5.75 Å². The minimum atomic E-state index is 0.110. The zero-order valence-corrected chi connectivity index (χ0v) is 23.3. The molecule has 5 nitrogen and oxygen atoms in total. The summed E-state index contributed by atoms with van der Waals surface area (Å²) in [5.41, 5.74) is 3.97. The summed E-state index contributed by atoms with van der Waals surface area (Å²) in [6.45, 7) is 8.32. The molecule has 2 unspecified atom stereocenters. The van der Waals surface area contributed by atoms with Crippen molar-refractivity contribution >= 4 is 40.5 Å². The van der Waals surface area contributed by atoms with E-state index in [1.807, 2.05) is 6.07 Å². The normalized spacial score (nSPS) is 23.3. The Balaban J connectivity index is 1.34. The van der Waals surface area contributed by atoms with Gasteiger partial charge in [-0.05, 0) is 20.5 Å². The molecule has 2 aliphatic heterocycles. The summed E-state index contributed by atoms with van der Waals surface area (Å²) in [5, 5.41) is 0.793. The van der Waals surface area contributed by atoms with Crippen LogP contribution in [0.1, 0.15) is 42.1 Å². The Morgan fingerprint density at radius 2 is 1.88 bits per heavy atom. The first-order chi connectivity index (χ1) is 16.4. The van der Waals surface area contributed by atoms with E-state index in [0.717, 1.165) is 73.8 Å². The van der Waals surface area contributed by atoms with Crippen molar-refractivity contribution in [2.45, 2.75) is 43.6 Å². The van der Waals surface area contributed by atoms with Gasteiger partial charge in [0.2, 0.25) is 0 Å². The predicted molar refractivity (Wildman–Crippen MR) is 144 cm³/mol. The number of piperidine rings is 1. The van der Waals surface area contributed by atoms with E-state index in [4.69, 9.17) is 21.3 Å². The van der Waals surface area contributed by atoms with E-state index in [0.29, 0.717) is 6.04 Å². The molecule has 0 amide bonds. The standard InChI is InChI=1S/C27H37AsClN4O/c1-4-33(20-30-27(28)25-18-22(29)8-11-26(25)33)23-12-15-32(16-13-23)19-21-6-9-24(10-7-21)34-17-5-14-31(2)3/h6-11,18,20,23,27H,4-5,12-17,19H2,1-3H3/q+1. The molecular weight excluding hydrogens is 507 g/mol. The number of hydrogen-bond acceptors (Lipinski definition) is 4. The molecule has 2 aromatic carbocycles.